The van der Waals surface area contributed by atoms with Crippen molar-refractivity contribution < 1.29 is 9.90 Å². The summed E-state index contributed by atoms with van der Waals surface area (Å²) >= 11 is 6.34. The minimum atomic E-state index is -0.111. The first-order valence-corrected chi connectivity index (χ1v) is 12.4. The largest absolute Gasteiger partial charge is 0.396 e. The van der Waals surface area contributed by atoms with Gasteiger partial charge in [0.1, 0.15) is 0 Å². The molecule has 1 aromatic heterocycles. The van der Waals surface area contributed by atoms with Gasteiger partial charge in [0, 0.05) is 37.0 Å². The summed E-state index contributed by atoms with van der Waals surface area (Å²) in [4.78, 5) is 17.4. The van der Waals surface area contributed by atoms with E-state index in [2.05, 4.69) is 15.6 Å². The van der Waals surface area contributed by atoms with Gasteiger partial charge in [-0.05, 0) is 87.1 Å². The molecule has 1 aromatic rings. The second kappa shape index (κ2) is 9.36. The predicted octanol–water partition coefficient (Wildman–Crippen LogP) is 4.22. The minimum absolute atomic E-state index is 0.0628. The lowest BCUT2D eigenvalue weighted by molar-refractivity contribution is -0.0503. The molecule has 172 valence electrons. The molecule has 4 bridgehead atoms. The van der Waals surface area contributed by atoms with E-state index in [0.29, 0.717) is 16.0 Å². The highest BCUT2D eigenvalue weighted by Gasteiger charge is 2.50. The van der Waals surface area contributed by atoms with Gasteiger partial charge in [0.15, 0.2) is 0 Å². The molecule has 1 heterocycles. The third-order valence-electron chi connectivity index (χ3n) is 7.76. The second-order valence-electron chi connectivity index (χ2n) is 11.4. The zero-order valence-corrected chi connectivity index (χ0v) is 19.8. The zero-order valence-electron chi connectivity index (χ0n) is 19.1. The fourth-order valence-corrected chi connectivity index (χ4v) is 6.73. The molecule has 0 aliphatic heterocycles. The number of aromatic nitrogens is 1. The Labute approximate surface area is 191 Å². The fraction of sp³-hybridized carbons (Fsp3) is 0.760. The zero-order chi connectivity index (χ0) is 22.1. The third kappa shape index (κ3) is 5.61. The molecule has 4 fully saturated rings. The molecule has 5 nitrogen and oxygen atoms in total. The number of carbonyl (C=O) groups excluding carboxylic acids is 1. The summed E-state index contributed by atoms with van der Waals surface area (Å²) in [5, 5.41) is 16.4. The number of rotatable bonds is 10. The van der Waals surface area contributed by atoms with Gasteiger partial charge in [0.05, 0.1) is 10.6 Å². The van der Waals surface area contributed by atoms with Gasteiger partial charge in [0.25, 0.3) is 5.91 Å². The third-order valence-corrected chi connectivity index (χ3v) is 8.06. The van der Waals surface area contributed by atoms with Crippen LogP contribution in [0.5, 0.6) is 0 Å². The van der Waals surface area contributed by atoms with Crippen LogP contribution in [0.4, 0.5) is 0 Å². The van der Waals surface area contributed by atoms with Crippen molar-refractivity contribution in [3.63, 3.8) is 0 Å². The number of pyridine rings is 1. The number of carbonyl (C=O) groups is 1. The highest BCUT2D eigenvalue weighted by Crippen LogP contribution is 2.59. The normalized spacial score (nSPS) is 29.4. The van der Waals surface area contributed by atoms with Crippen LogP contribution in [0.2, 0.25) is 5.02 Å². The number of amides is 1. The van der Waals surface area contributed by atoms with E-state index < -0.39 is 0 Å². The molecule has 6 heteroatoms. The molecule has 0 spiro atoms. The Balaban J connectivity index is 1.28. The second-order valence-corrected chi connectivity index (χ2v) is 11.8. The number of halogens is 1. The number of hydrogen-bond donors (Lipinski definition) is 3. The van der Waals surface area contributed by atoms with Gasteiger partial charge >= 0.3 is 0 Å². The van der Waals surface area contributed by atoms with Crippen molar-refractivity contribution in [3.05, 3.63) is 28.5 Å². The van der Waals surface area contributed by atoms with Crippen molar-refractivity contribution >= 4 is 17.5 Å². The Morgan fingerprint density at radius 1 is 1.23 bits per heavy atom. The van der Waals surface area contributed by atoms with E-state index in [1.54, 1.807) is 6.20 Å². The first-order valence-electron chi connectivity index (χ1n) is 12.0. The van der Waals surface area contributed by atoms with Crippen molar-refractivity contribution in [3.8, 4) is 0 Å². The molecular formula is C25H38ClN3O2. The molecule has 4 saturated carbocycles. The Kier molecular flexibility index (Phi) is 6.95. The van der Waals surface area contributed by atoms with Gasteiger partial charge in [-0.2, -0.15) is 0 Å². The summed E-state index contributed by atoms with van der Waals surface area (Å²) in [5.41, 5.74) is 1.65. The molecule has 0 radical (unpaired) electrons. The summed E-state index contributed by atoms with van der Waals surface area (Å²) in [7, 11) is 0. The van der Waals surface area contributed by atoms with Crippen LogP contribution in [0.25, 0.3) is 0 Å². The van der Waals surface area contributed by atoms with Crippen molar-refractivity contribution in [2.75, 3.05) is 26.2 Å². The number of hydrogen-bond acceptors (Lipinski definition) is 4. The van der Waals surface area contributed by atoms with E-state index in [1.807, 2.05) is 19.9 Å². The number of aliphatic hydroxyl groups excluding tert-OH is 1. The fourth-order valence-electron chi connectivity index (χ4n) is 6.54. The lowest BCUT2D eigenvalue weighted by Gasteiger charge is -2.56. The quantitative estimate of drug-likeness (QED) is 0.469. The van der Waals surface area contributed by atoms with Crippen molar-refractivity contribution in [2.24, 2.45) is 28.6 Å². The van der Waals surface area contributed by atoms with Crippen LogP contribution in [0.15, 0.2) is 12.3 Å². The standard InChI is InChI=1S/C25H38ClN3O2/c1-24(2,16-30)14-27-5-3-4-20-9-21(22(26)13-28-20)23(31)29-15-25-10-17-6-18(11-25)8-19(7-17)12-25/h9,13,17-19,27,30H,3-8,10-12,14-16H2,1-2H3,(H,29,31). The highest BCUT2D eigenvalue weighted by atomic mass is 35.5. The molecule has 4 aliphatic rings. The van der Waals surface area contributed by atoms with Crippen LogP contribution in [0, 0.1) is 28.6 Å². The van der Waals surface area contributed by atoms with Gasteiger partial charge < -0.3 is 15.7 Å². The van der Waals surface area contributed by atoms with Crippen LogP contribution in [0.1, 0.15) is 74.8 Å². The van der Waals surface area contributed by atoms with Gasteiger partial charge in [0.2, 0.25) is 0 Å². The van der Waals surface area contributed by atoms with E-state index in [0.717, 1.165) is 55.9 Å². The maximum Gasteiger partial charge on any atom is 0.252 e. The molecule has 4 aliphatic carbocycles. The number of nitrogens with one attached hydrogen (secondary N) is 2. The summed E-state index contributed by atoms with van der Waals surface area (Å²) in [6.45, 7) is 6.65. The Morgan fingerprint density at radius 2 is 1.87 bits per heavy atom. The highest BCUT2D eigenvalue weighted by molar-refractivity contribution is 6.33. The molecule has 0 aromatic carbocycles. The molecular weight excluding hydrogens is 410 g/mol. The van der Waals surface area contributed by atoms with Crippen LogP contribution in [-0.4, -0.2) is 42.2 Å². The smallest absolute Gasteiger partial charge is 0.252 e. The summed E-state index contributed by atoms with van der Waals surface area (Å²) in [6, 6.07) is 1.86. The lowest BCUT2D eigenvalue weighted by Crippen LogP contribution is -2.51. The Morgan fingerprint density at radius 3 is 2.48 bits per heavy atom. The first kappa shape index (κ1) is 23.0. The van der Waals surface area contributed by atoms with E-state index >= 15 is 0 Å². The molecule has 0 unspecified atom stereocenters. The lowest BCUT2D eigenvalue weighted by atomic mass is 9.49. The molecule has 1 amide bonds. The Hall–Kier alpha value is -1.17. The summed E-state index contributed by atoms with van der Waals surface area (Å²) in [5.74, 6) is 2.59. The Bertz CT molecular complexity index is 760. The van der Waals surface area contributed by atoms with E-state index in [-0.39, 0.29) is 17.9 Å². The molecule has 0 atom stereocenters. The minimum Gasteiger partial charge on any atom is -0.396 e. The topological polar surface area (TPSA) is 74.2 Å². The maximum atomic E-state index is 13.0. The first-order chi connectivity index (χ1) is 14.8. The number of aliphatic hydroxyl groups is 1. The monoisotopic (exact) mass is 447 g/mol. The SMILES string of the molecule is CC(C)(CO)CNCCCc1cc(C(=O)NCC23CC4CC(CC(C4)C2)C3)c(Cl)cn1. The van der Waals surface area contributed by atoms with Gasteiger partial charge in [-0.15, -0.1) is 0 Å². The van der Waals surface area contributed by atoms with Crippen molar-refractivity contribution in [1.82, 2.24) is 15.6 Å². The summed E-state index contributed by atoms with van der Waals surface area (Å²) in [6.07, 6.45) is 11.4. The van der Waals surface area contributed by atoms with E-state index in [4.69, 9.17) is 11.6 Å². The average molecular weight is 448 g/mol. The maximum absolute atomic E-state index is 13.0. The predicted molar refractivity (Wildman–Crippen MR) is 124 cm³/mol. The molecule has 5 rings (SSSR count). The number of nitrogens with zero attached hydrogens (tertiary/aromatic N) is 1. The van der Waals surface area contributed by atoms with Crippen molar-refractivity contribution in [1.29, 1.82) is 0 Å². The molecule has 0 saturated heterocycles. The number of aryl methyl sites for hydroxylation is 1. The van der Waals surface area contributed by atoms with Crippen molar-refractivity contribution in [2.45, 2.75) is 65.2 Å². The molecule has 31 heavy (non-hydrogen) atoms. The average Bonchev–Trinajstić information content (AvgIpc) is 2.72. The van der Waals surface area contributed by atoms with E-state index in [9.17, 15) is 9.90 Å². The van der Waals surface area contributed by atoms with Crippen LogP contribution < -0.4 is 10.6 Å². The summed E-state index contributed by atoms with van der Waals surface area (Å²) < 4.78 is 0. The van der Waals surface area contributed by atoms with E-state index in [1.165, 1.54) is 38.5 Å². The van der Waals surface area contributed by atoms with Gasteiger partial charge in [-0.3, -0.25) is 9.78 Å². The molecule has 3 N–H and O–H groups in total. The van der Waals surface area contributed by atoms with Gasteiger partial charge in [-0.25, -0.2) is 0 Å². The van der Waals surface area contributed by atoms with Crippen LogP contribution in [0.3, 0.4) is 0 Å². The van der Waals surface area contributed by atoms with Crippen LogP contribution in [-0.2, 0) is 6.42 Å². The van der Waals surface area contributed by atoms with Crippen LogP contribution >= 0.6 is 11.6 Å². The van der Waals surface area contributed by atoms with Gasteiger partial charge in [-0.1, -0.05) is 25.4 Å².